The van der Waals surface area contributed by atoms with E-state index in [9.17, 15) is 13.2 Å². The molecule has 6 heteroatoms. The molecule has 22 heavy (non-hydrogen) atoms. The van der Waals surface area contributed by atoms with E-state index in [1.54, 1.807) is 4.90 Å². The normalized spacial score (nSPS) is 16.8. The van der Waals surface area contributed by atoms with Gasteiger partial charge in [-0.3, -0.25) is 4.79 Å². The quantitative estimate of drug-likeness (QED) is 0.844. The van der Waals surface area contributed by atoms with Gasteiger partial charge in [0.15, 0.2) is 0 Å². The Labute approximate surface area is 137 Å². The third-order valence-electron chi connectivity index (χ3n) is 4.25. The summed E-state index contributed by atoms with van der Waals surface area (Å²) in [5, 5.41) is 0.438. The molecule has 0 N–H and O–H groups in total. The van der Waals surface area contributed by atoms with E-state index in [-0.39, 0.29) is 11.2 Å². The molecule has 1 fully saturated rings. The number of hydrogen-bond donors (Lipinski definition) is 0. The van der Waals surface area contributed by atoms with E-state index in [1.807, 2.05) is 25.1 Å². The van der Waals surface area contributed by atoms with Crippen molar-refractivity contribution in [1.29, 1.82) is 0 Å². The Bertz CT molecular complexity index is 649. The van der Waals surface area contributed by atoms with Crippen molar-refractivity contribution in [2.45, 2.75) is 37.9 Å². The highest BCUT2D eigenvalue weighted by molar-refractivity contribution is 7.91. The van der Waals surface area contributed by atoms with Crippen LogP contribution in [0.2, 0.25) is 5.02 Å². The highest BCUT2D eigenvalue weighted by Crippen LogP contribution is 2.20. The van der Waals surface area contributed by atoms with Crippen LogP contribution in [0.1, 0.15) is 30.4 Å². The smallest absolute Gasteiger partial charge is 0.222 e. The number of carbonyl (C=O) groups is 1. The van der Waals surface area contributed by atoms with Crippen molar-refractivity contribution in [2.75, 3.05) is 19.3 Å². The summed E-state index contributed by atoms with van der Waals surface area (Å²) in [5.41, 5.74) is 2.11. The van der Waals surface area contributed by atoms with Crippen LogP contribution in [0.4, 0.5) is 0 Å². The van der Waals surface area contributed by atoms with Gasteiger partial charge in [0.1, 0.15) is 9.84 Å². The highest BCUT2D eigenvalue weighted by Gasteiger charge is 2.28. The minimum atomic E-state index is -2.99. The molecule has 0 unspecified atom stereocenters. The first-order valence-corrected chi connectivity index (χ1v) is 9.82. The van der Waals surface area contributed by atoms with Crippen molar-refractivity contribution in [1.82, 2.24) is 4.90 Å². The molecule has 0 saturated carbocycles. The zero-order valence-corrected chi connectivity index (χ0v) is 14.6. The fourth-order valence-electron chi connectivity index (χ4n) is 2.81. The van der Waals surface area contributed by atoms with E-state index in [2.05, 4.69) is 0 Å². The fraction of sp³-hybridized carbons (Fsp3) is 0.562. The third kappa shape index (κ3) is 4.46. The van der Waals surface area contributed by atoms with E-state index in [4.69, 9.17) is 11.6 Å². The number of halogens is 1. The second kappa shape index (κ2) is 7.01. The second-order valence-corrected chi connectivity index (χ2v) is 8.73. The maximum Gasteiger partial charge on any atom is 0.222 e. The van der Waals surface area contributed by atoms with Crippen LogP contribution in [-0.2, 0) is 21.1 Å². The van der Waals surface area contributed by atoms with E-state index < -0.39 is 9.84 Å². The molecular formula is C16H22ClNO3S. The number of rotatable bonds is 4. The predicted octanol–water partition coefficient (Wildman–Crippen LogP) is 2.62. The standard InChI is InChI=1S/C16H22ClNO3S/c1-12-11-13(3-5-15(12)17)4-6-16(19)18-9-7-14(8-10-18)22(2,20)21/h3,5,11,14H,4,6-10H2,1-2H3. The summed E-state index contributed by atoms with van der Waals surface area (Å²) in [6.45, 7) is 3.02. The average molecular weight is 344 g/mol. The minimum absolute atomic E-state index is 0.0968. The van der Waals surface area contributed by atoms with Crippen LogP contribution in [0.5, 0.6) is 0 Å². The molecule has 1 aliphatic heterocycles. The van der Waals surface area contributed by atoms with Gasteiger partial charge in [-0.25, -0.2) is 8.42 Å². The molecule has 4 nitrogen and oxygen atoms in total. The first-order chi connectivity index (χ1) is 10.3. The van der Waals surface area contributed by atoms with Crippen LogP contribution < -0.4 is 0 Å². The van der Waals surface area contributed by atoms with Crippen LogP contribution in [0.25, 0.3) is 0 Å². The maximum absolute atomic E-state index is 12.2. The summed E-state index contributed by atoms with van der Waals surface area (Å²) in [7, 11) is -2.99. The highest BCUT2D eigenvalue weighted by atomic mass is 35.5. The van der Waals surface area contributed by atoms with Crippen LogP contribution in [-0.4, -0.2) is 43.8 Å². The molecule has 1 heterocycles. The van der Waals surface area contributed by atoms with Crippen LogP contribution in [0, 0.1) is 6.92 Å². The fourth-order valence-corrected chi connectivity index (χ4v) is 3.99. The Kier molecular flexibility index (Phi) is 5.50. The molecule has 2 rings (SSSR count). The lowest BCUT2D eigenvalue weighted by molar-refractivity contribution is -0.132. The zero-order chi connectivity index (χ0) is 16.3. The first kappa shape index (κ1) is 17.3. The Morgan fingerprint density at radius 3 is 2.50 bits per heavy atom. The number of benzene rings is 1. The molecule has 0 spiro atoms. The molecule has 0 aromatic heterocycles. The van der Waals surface area contributed by atoms with Gasteiger partial charge in [-0.1, -0.05) is 23.7 Å². The van der Waals surface area contributed by atoms with E-state index >= 15 is 0 Å². The number of aryl methyl sites for hydroxylation is 2. The topological polar surface area (TPSA) is 54.5 Å². The van der Waals surface area contributed by atoms with Crippen molar-refractivity contribution < 1.29 is 13.2 Å². The van der Waals surface area contributed by atoms with Crippen molar-refractivity contribution in [3.8, 4) is 0 Å². The lowest BCUT2D eigenvalue weighted by atomic mass is 10.1. The maximum atomic E-state index is 12.2. The molecule has 1 saturated heterocycles. The van der Waals surface area contributed by atoms with Crippen molar-refractivity contribution in [3.63, 3.8) is 0 Å². The summed E-state index contributed by atoms with van der Waals surface area (Å²) in [6.07, 6.45) is 3.50. The second-order valence-electron chi connectivity index (χ2n) is 5.99. The van der Waals surface area contributed by atoms with Crippen molar-refractivity contribution in [2.24, 2.45) is 0 Å². The van der Waals surface area contributed by atoms with Gasteiger partial charge in [0.25, 0.3) is 0 Å². The predicted molar refractivity (Wildman–Crippen MR) is 89.0 cm³/mol. The van der Waals surface area contributed by atoms with Gasteiger partial charge >= 0.3 is 0 Å². The summed E-state index contributed by atoms with van der Waals surface area (Å²) in [5.74, 6) is 0.0968. The van der Waals surface area contributed by atoms with Gasteiger partial charge in [0.2, 0.25) is 5.91 Å². The Hall–Kier alpha value is -1.07. The molecule has 0 aliphatic carbocycles. The molecule has 122 valence electrons. The lowest BCUT2D eigenvalue weighted by Gasteiger charge is -2.31. The number of nitrogens with zero attached hydrogens (tertiary/aromatic N) is 1. The van der Waals surface area contributed by atoms with Crippen LogP contribution in [0.3, 0.4) is 0 Å². The zero-order valence-electron chi connectivity index (χ0n) is 13.0. The summed E-state index contributed by atoms with van der Waals surface area (Å²) in [6, 6.07) is 5.80. The van der Waals surface area contributed by atoms with Gasteiger partial charge in [-0.2, -0.15) is 0 Å². The van der Waals surface area contributed by atoms with Gasteiger partial charge < -0.3 is 4.90 Å². The summed E-state index contributed by atoms with van der Waals surface area (Å²) < 4.78 is 23.0. The van der Waals surface area contributed by atoms with Gasteiger partial charge in [-0.15, -0.1) is 0 Å². The molecule has 1 aromatic carbocycles. The number of amides is 1. The lowest BCUT2D eigenvalue weighted by Crippen LogP contribution is -2.42. The molecule has 1 amide bonds. The third-order valence-corrected chi connectivity index (χ3v) is 6.36. The monoisotopic (exact) mass is 343 g/mol. The largest absolute Gasteiger partial charge is 0.343 e. The van der Waals surface area contributed by atoms with Gasteiger partial charge in [0.05, 0.1) is 5.25 Å². The Morgan fingerprint density at radius 1 is 1.32 bits per heavy atom. The SMILES string of the molecule is Cc1cc(CCC(=O)N2CCC(S(C)(=O)=O)CC2)ccc1Cl. The Morgan fingerprint density at radius 2 is 1.95 bits per heavy atom. The number of likely N-dealkylation sites (tertiary alicyclic amines) is 1. The number of piperidine rings is 1. The first-order valence-electron chi connectivity index (χ1n) is 7.49. The summed E-state index contributed by atoms with van der Waals surface area (Å²) >= 11 is 5.99. The van der Waals surface area contributed by atoms with Crippen LogP contribution in [0.15, 0.2) is 18.2 Å². The molecule has 0 radical (unpaired) electrons. The van der Waals surface area contributed by atoms with E-state index in [0.717, 1.165) is 16.1 Å². The van der Waals surface area contributed by atoms with Gasteiger partial charge in [0, 0.05) is 30.8 Å². The van der Waals surface area contributed by atoms with Gasteiger partial charge in [-0.05, 0) is 43.4 Å². The number of sulfone groups is 1. The van der Waals surface area contributed by atoms with Crippen LogP contribution >= 0.6 is 11.6 Å². The molecular weight excluding hydrogens is 322 g/mol. The molecule has 1 aromatic rings. The minimum Gasteiger partial charge on any atom is -0.343 e. The molecule has 1 aliphatic rings. The van der Waals surface area contributed by atoms with E-state index in [1.165, 1.54) is 6.26 Å². The number of carbonyl (C=O) groups excluding carboxylic acids is 1. The Balaban J connectivity index is 1.85. The van der Waals surface area contributed by atoms with E-state index in [0.29, 0.717) is 38.8 Å². The average Bonchev–Trinajstić information content (AvgIpc) is 2.47. The molecule has 0 atom stereocenters. The molecule has 0 bridgehead atoms. The summed E-state index contributed by atoms with van der Waals surface area (Å²) in [4.78, 5) is 14.0. The van der Waals surface area contributed by atoms with Crippen molar-refractivity contribution in [3.05, 3.63) is 34.3 Å². The van der Waals surface area contributed by atoms with Crippen molar-refractivity contribution >= 4 is 27.3 Å². The number of hydrogen-bond acceptors (Lipinski definition) is 3.